The first-order chi connectivity index (χ1) is 24.8. The number of H-pyrrole nitrogens is 2. The third kappa shape index (κ3) is 7.50. The van der Waals surface area contributed by atoms with Crippen LogP contribution in [0.25, 0.3) is 21.8 Å². The molecule has 0 radical (unpaired) electrons. The third-order valence-corrected chi connectivity index (χ3v) is 13.1. The van der Waals surface area contributed by atoms with Gasteiger partial charge in [-0.2, -0.15) is 4.31 Å². The van der Waals surface area contributed by atoms with Gasteiger partial charge in [-0.05, 0) is 59.7 Å². The molecule has 1 fully saturated rings. The SMILES string of the molecule is CN(CCc1c[nH]c2ccccc12)C(=O)c1ccccc1C(=O)N(CCc1c[nH]c2ccccc12)CCN1CCN(S(=O)(=O)c2cccs2)CC1. The monoisotopic (exact) mass is 722 g/mol. The van der Waals surface area contributed by atoms with E-state index in [1.807, 2.05) is 53.7 Å². The van der Waals surface area contributed by atoms with Gasteiger partial charge in [0.1, 0.15) is 4.21 Å². The Morgan fingerprint density at radius 1 is 0.706 bits per heavy atom. The molecule has 0 spiro atoms. The predicted octanol–water partition coefficient (Wildman–Crippen LogP) is 5.72. The van der Waals surface area contributed by atoms with Crippen LogP contribution in [0.4, 0.5) is 0 Å². The van der Waals surface area contributed by atoms with Gasteiger partial charge in [0.25, 0.3) is 21.8 Å². The molecule has 0 unspecified atom stereocenters. The van der Waals surface area contributed by atoms with E-state index in [4.69, 9.17) is 0 Å². The molecule has 3 aromatic heterocycles. The number of amides is 2. The van der Waals surface area contributed by atoms with Gasteiger partial charge in [-0.3, -0.25) is 14.5 Å². The Bertz CT molecular complexity index is 2240. The second kappa shape index (κ2) is 15.2. The molecule has 0 bridgehead atoms. The number of nitrogens with one attached hydrogen (secondary N) is 2. The number of nitrogens with zero attached hydrogens (tertiary/aromatic N) is 4. The molecule has 1 saturated heterocycles. The highest BCUT2D eigenvalue weighted by Crippen LogP contribution is 2.24. The van der Waals surface area contributed by atoms with Gasteiger partial charge in [-0.25, -0.2) is 8.42 Å². The van der Waals surface area contributed by atoms with Gasteiger partial charge in [0.15, 0.2) is 0 Å². The van der Waals surface area contributed by atoms with E-state index in [0.717, 1.165) is 32.9 Å². The van der Waals surface area contributed by atoms with E-state index in [2.05, 4.69) is 27.0 Å². The number of rotatable bonds is 13. The van der Waals surface area contributed by atoms with Crippen LogP contribution in [0.15, 0.2) is 107 Å². The lowest BCUT2D eigenvalue weighted by Gasteiger charge is -2.35. The van der Waals surface area contributed by atoms with Crippen LogP contribution in [0.5, 0.6) is 0 Å². The van der Waals surface area contributed by atoms with E-state index in [1.54, 1.807) is 58.0 Å². The molecular formula is C39H42N6O4S2. The van der Waals surface area contributed by atoms with E-state index in [9.17, 15) is 18.0 Å². The third-order valence-electron chi connectivity index (χ3n) is 9.85. The molecule has 0 atom stereocenters. The number of thiophene rings is 1. The largest absolute Gasteiger partial charge is 0.361 e. The van der Waals surface area contributed by atoms with Crippen molar-refractivity contribution in [3.05, 3.63) is 125 Å². The maximum atomic E-state index is 14.4. The Morgan fingerprint density at radius 2 is 1.27 bits per heavy atom. The fourth-order valence-electron chi connectivity index (χ4n) is 6.86. The molecule has 1 aliphatic rings. The first kappa shape index (κ1) is 34.7. The minimum atomic E-state index is -3.50. The molecule has 6 aromatic rings. The van der Waals surface area contributed by atoms with Crippen LogP contribution in [-0.4, -0.2) is 109 Å². The van der Waals surface area contributed by atoms with E-state index in [1.165, 1.54) is 11.3 Å². The summed E-state index contributed by atoms with van der Waals surface area (Å²) in [7, 11) is -1.72. The molecule has 4 heterocycles. The van der Waals surface area contributed by atoms with Gasteiger partial charge in [-0.1, -0.05) is 54.6 Å². The molecule has 2 amide bonds. The number of sulfonamides is 1. The molecule has 264 valence electrons. The summed E-state index contributed by atoms with van der Waals surface area (Å²) >= 11 is 1.23. The zero-order valence-corrected chi connectivity index (χ0v) is 30.3. The van der Waals surface area contributed by atoms with Crippen molar-refractivity contribution >= 4 is 55.0 Å². The Kier molecular flexibility index (Phi) is 10.4. The highest BCUT2D eigenvalue weighted by molar-refractivity contribution is 7.91. The molecule has 10 nitrogen and oxygen atoms in total. The van der Waals surface area contributed by atoms with E-state index in [0.29, 0.717) is 80.5 Å². The zero-order chi connectivity index (χ0) is 35.4. The van der Waals surface area contributed by atoms with Crippen LogP contribution in [-0.2, 0) is 22.9 Å². The van der Waals surface area contributed by atoms with Gasteiger partial charge in [-0.15, -0.1) is 11.3 Å². The van der Waals surface area contributed by atoms with Crippen LogP contribution >= 0.6 is 11.3 Å². The van der Waals surface area contributed by atoms with Crippen molar-refractivity contribution in [3.8, 4) is 0 Å². The number of benzene rings is 3. The van der Waals surface area contributed by atoms with Crippen LogP contribution in [0.3, 0.4) is 0 Å². The average molecular weight is 723 g/mol. The van der Waals surface area contributed by atoms with Crippen molar-refractivity contribution in [2.75, 3.05) is 59.4 Å². The number of carbonyl (C=O) groups excluding carboxylic acids is 2. The van der Waals surface area contributed by atoms with Gasteiger partial charge < -0.3 is 19.8 Å². The normalized spacial score (nSPS) is 14.3. The maximum absolute atomic E-state index is 14.4. The smallest absolute Gasteiger partial charge is 0.254 e. The summed E-state index contributed by atoms with van der Waals surface area (Å²) < 4.78 is 28.1. The standard InChI is InChI=1S/C39H42N6O4S2/c1-42(18-16-29-27-40-35-13-6-4-9-31(29)35)38(46)33-11-2-3-12-34(33)39(47)44(19-17-30-28-41-36-14-7-5-10-32(30)36)23-20-43-21-24-45(25-22-43)51(48,49)37-15-8-26-50-37/h2-15,26-28,40-41H,16-25H2,1H3. The zero-order valence-electron chi connectivity index (χ0n) is 28.6. The fourth-order valence-corrected chi connectivity index (χ4v) is 9.43. The Hall–Kier alpha value is -4.75. The summed E-state index contributed by atoms with van der Waals surface area (Å²) in [5.74, 6) is -0.388. The number of likely N-dealkylation sites (N-methyl/N-ethyl adjacent to an activating group) is 1. The summed E-state index contributed by atoms with van der Waals surface area (Å²) in [6, 6.07) is 26.7. The van der Waals surface area contributed by atoms with Crippen molar-refractivity contribution in [1.29, 1.82) is 0 Å². The number of aromatic amines is 2. The van der Waals surface area contributed by atoms with Crippen molar-refractivity contribution in [2.45, 2.75) is 17.1 Å². The number of aromatic nitrogens is 2. The van der Waals surface area contributed by atoms with Crippen LogP contribution in [0, 0.1) is 0 Å². The van der Waals surface area contributed by atoms with Crippen molar-refractivity contribution < 1.29 is 18.0 Å². The van der Waals surface area contributed by atoms with E-state index in [-0.39, 0.29) is 11.8 Å². The molecule has 1 aliphatic heterocycles. The summed E-state index contributed by atoms with van der Waals surface area (Å²) in [5.41, 5.74) is 5.14. The lowest BCUT2D eigenvalue weighted by atomic mass is 10.0. The topological polar surface area (TPSA) is 113 Å². The lowest BCUT2D eigenvalue weighted by molar-refractivity contribution is 0.0709. The Morgan fingerprint density at radius 3 is 1.88 bits per heavy atom. The predicted molar refractivity (Wildman–Crippen MR) is 203 cm³/mol. The number of carbonyl (C=O) groups is 2. The molecule has 7 rings (SSSR count). The minimum Gasteiger partial charge on any atom is -0.361 e. The number of fused-ring (bicyclic) bond motifs is 2. The summed E-state index contributed by atoms with van der Waals surface area (Å²) in [4.78, 5) is 40.7. The van der Waals surface area contributed by atoms with Gasteiger partial charge >= 0.3 is 0 Å². The lowest BCUT2D eigenvalue weighted by Crippen LogP contribution is -2.50. The molecule has 3 aromatic carbocycles. The maximum Gasteiger partial charge on any atom is 0.254 e. The Balaban J connectivity index is 1.05. The number of hydrogen-bond donors (Lipinski definition) is 2. The minimum absolute atomic E-state index is 0.192. The summed E-state index contributed by atoms with van der Waals surface area (Å²) in [6.45, 7) is 3.94. The molecule has 12 heteroatoms. The molecule has 0 saturated carbocycles. The second-order valence-corrected chi connectivity index (χ2v) is 16.1. The van der Waals surface area contributed by atoms with Crippen molar-refractivity contribution in [3.63, 3.8) is 0 Å². The molecule has 0 aliphatic carbocycles. The van der Waals surface area contributed by atoms with Crippen LogP contribution in [0.2, 0.25) is 0 Å². The summed E-state index contributed by atoms with van der Waals surface area (Å²) in [6.07, 6.45) is 5.32. The molecule has 51 heavy (non-hydrogen) atoms. The first-order valence-corrected chi connectivity index (χ1v) is 19.6. The molecular weight excluding hydrogens is 681 g/mol. The van der Waals surface area contributed by atoms with Gasteiger partial charge in [0.05, 0.1) is 11.1 Å². The second-order valence-electron chi connectivity index (χ2n) is 13.0. The number of piperazine rings is 1. The fraction of sp³-hybridized carbons (Fsp3) is 0.282. The van der Waals surface area contributed by atoms with E-state index >= 15 is 0 Å². The highest BCUT2D eigenvalue weighted by Gasteiger charge is 2.30. The molecule has 2 N–H and O–H groups in total. The van der Waals surface area contributed by atoms with Crippen LogP contribution < -0.4 is 0 Å². The van der Waals surface area contributed by atoms with Crippen molar-refractivity contribution in [1.82, 2.24) is 29.0 Å². The average Bonchev–Trinajstić information content (AvgIpc) is 3.95. The highest BCUT2D eigenvalue weighted by atomic mass is 32.2. The van der Waals surface area contributed by atoms with Gasteiger partial charge in [0, 0.05) is 93.6 Å². The van der Waals surface area contributed by atoms with Gasteiger partial charge in [0.2, 0.25) is 0 Å². The first-order valence-electron chi connectivity index (χ1n) is 17.3. The van der Waals surface area contributed by atoms with Crippen molar-refractivity contribution in [2.24, 2.45) is 0 Å². The number of hydrogen-bond acceptors (Lipinski definition) is 6. The Labute approximate surface area is 302 Å². The van der Waals surface area contributed by atoms with E-state index < -0.39 is 10.0 Å². The summed E-state index contributed by atoms with van der Waals surface area (Å²) in [5, 5.41) is 4.05. The van der Waals surface area contributed by atoms with Crippen LogP contribution in [0.1, 0.15) is 31.8 Å². The quantitative estimate of drug-likeness (QED) is 0.159. The number of para-hydroxylation sites is 2.